The zero-order chi connectivity index (χ0) is 46.0. The number of nitrogens with one attached hydrogen (secondary N) is 2. The standard InChI is InChI=1S/C40H28N2O17S4/c43-36(21-9-6-10-23(17-21)61(51,52)53)26(40(47)48)15-16-60(49,50)22-13-14-27(29(18-22)62(54,55)56)41-28-19-30(63(57,58)59)35-33-31(24-11-4-5-12-25(24)38(45)32(28)33)34(39(46)42-35)37(44)20-7-2-1-3-8-20/h1-14,17-19,26,41H,15-16H2,(H,42,46)(H,47,48)(H,51,52,53)(H,54,55,56)(H,57,58,59). The molecule has 0 radical (unpaired) electrons. The third-order valence-electron chi connectivity index (χ3n) is 10.0. The fourth-order valence-corrected chi connectivity index (χ4v) is 10.5. The SMILES string of the molecule is O=C(c1ccccc1)c1c2c3c(c(Nc4ccc(S(=O)(=O)CCC(C(=O)O)C(=O)c5cccc(S(=O)(=O)O)c5)cc4S(=O)(=O)O)cc(S(=O)(=O)O)c3[nH]c1=O)C(=O)c1ccccc1-2. The van der Waals surface area contributed by atoms with Gasteiger partial charge in [-0.3, -0.25) is 37.6 Å². The maximum atomic E-state index is 14.4. The monoisotopic (exact) mass is 936 g/mol. The molecule has 0 bridgehead atoms. The van der Waals surface area contributed by atoms with E-state index in [-0.39, 0.29) is 27.6 Å². The molecule has 5 aromatic carbocycles. The minimum atomic E-state index is -5.45. The van der Waals surface area contributed by atoms with Crippen molar-refractivity contribution in [1.82, 2.24) is 4.98 Å². The first-order valence-electron chi connectivity index (χ1n) is 17.8. The van der Waals surface area contributed by atoms with E-state index in [2.05, 4.69) is 10.3 Å². The molecule has 1 aliphatic carbocycles. The van der Waals surface area contributed by atoms with Crippen molar-refractivity contribution in [2.24, 2.45) is 5.92 Å². The van der Waals surface area contributed by atoms with E-state index in [0.717, 1.165) is 30.3 Å². The molecular formula is C40H28N2O17S4. The molecule has 1 unspecified atom stereocenters. The van der Waals surface area contributed by atoms with Gasteiger partial charge in [0, 0.05) is 27.6 Å². The Labute approximate surface area is 356 Å². The van der Waals surface area contributed by atoms with Crippen LogP contribution in [0.25, 0.3) is 22.0 Å². The van der Waals surface area contributed by atoms with Crippen LogP contribution in [-0.2, 0) is 45.0 Å². The molecule has 0 spiro atoms. The molecule has 23 heteroatoms. The number of ketones is 3. The highest BCUT2D eigenvalue weighted by Crippen LogP contribution is 2.46. The number of hydrogen-bond acceptors (Lipinski definition) is 14. The van der Waals surface area contributed by atoms with Crippen molar-refractivity contribution in [2.45, 2.75) is 26.0 Å². The molecule has 0 aliphatic heterocycles. The Balaban J connectivity index is 1.35. The molecule has 6 N–H and O–H groups in total. The summed E-state index contributed by atoms with van der Waals surface area (Å²) in [4.78, 5) is 65.9. The molecule has 0 saturated heterocycles. The number of carboxylic acid groups (broad SMARTS) is 1. The Morgan fingerprint density at radius 3 is 1.86 bits per heavy atom. The number of fused-ring (bicyclic) bond motifs is 2. The van der Waals surface area contributed by atoms with E-state index in [0.29, 0.717) is 18.2 Å². The summed E-state index contributed by atoms with van der Waals surface area (Å²) in [7, 11) is -20.3. The molecule has 1 aromatic heterocycles. The van der Waals surface area contributed by atoms with Gasteiger partial charge in [0.15, 0.2) is 27.2 Å². The Morgan fingerprint density at radius 2 is 1.24 bits per heavy atom. The second-order valence-corrected chi connectivity index (χ2v) is 20.2. The zero-order valence-corrected chi connectivity index (χ0v) is 34.8. The van der Waals surface area contributed by atoms with E-state index in [1.54, 1.807) is 6.07 Å². The normalized spacial score (nSPS) is 13.3. The molecule has 1 heterocycles. The summed E-state index contributed by atoms with van der Waals surface area (Å²) < 4.78 is 132. The first-order valence-corrected chi connectivity index (χ1v) is 23.8. The van der Waals surface area contributed by atoms with Crippen LogP contribution in [0.5, 0.6) is 0 Å². The number of hydrogen-bond donors (Lipinski definition) is 6. The van der Waals surface area contributed by atoms with Gasteiger partial charge < -0.3 is 15.4 Å². The highest BCUT2D eigenvalue weighted by Gasteiger charge is 2.37. The van der Waals surface area contributed by atoms with Crippen molar-refractivity contribution in [3.63, 3.8) is 0 Å². The molecule has 0 fully saturated rings. The first-order chi connectivity index (χ1) is 29.4. The summed E-state index contributed by atoms with van der Waals surface area (Å²) in [6.07, 6.45) is -0.935. The van der Waals surface area contributed by atoms with Gasteiger partial charge in [-0.05, 0) is 48.4 Å². The van der Waals surface area contributed by atoms with Crippen LogP contribution in [0, 0.1) is 5.92 Å². The number of carbonyl (C=O) groups is 4. The molecule has 6 aromatic rings. The smallest absolute Gasteiger partial charge is 0.314 e. The summed E-state index contributed by atoms with van der Waals surface area (Å²) in [5, 5.41) is 12.0. The lowest BCUT2D eigenvalue weighted by Crippen LogP contribution is -2.27. The summed E-state index contributed by atoms with van der Waals surface area (Å²) >= 11 is 0. The number of Topliss-reactive ketones (excluding diaryl/α,β-unsaturated/α-hetero) is 1. The topological polar surface area (TPSA) is 331 Å². The average Bonchev–Trinajstić information content (AvgIpc) is 3.21. The summed E-state index contributed by atoms with van der Waals surface area (Å²) in [5.74, 6) is -7.95. The number of benzene rings is 5. The van der Waals surface area contributed by atoms with E-state index in [1.807, 2.05) is 0 Å². The number of pyridine rings is 1. The zero-order valence-electron chi connectivity index (χ0n) is 31.5. The fourth-order valence-electron chi connectivity index (χ4n) is 7.16. The second-order valence-electron chi connectivity index (χ2n) is 13.9. The van der Waals surface area contributed by atoms with Gasteiger partial charge in [0.05, 0.1) is 43.6 Å². The minimum Gasteiger partial charge on any atom is -0.481 e. The summed E-state index contributed by atoms with van der Waals surface area (Å²) in [6, 6.07) is 19.5. The third-order valence-corrected chi connectivity index (χ3v) is 14.4. The van der Waals surface area contributed by atoms with Gasteiger partial charge in [-0.2, -0.15) is 25.3 Å². The predicted octanol–water partition coefficient (Wildman–Crippen LogP) is 4.20. The average molecular weight is 937 g/mol. The molecule has 1 atom stereocenters. The maximum Gasteiger partial charge on any atom is 0.314 e. The molecule has 0 amide bonds. The summed E-state index contributed by atoms with van der Waals surface area (Å²) in [6.45, 7) is 0. The largest absolute Gasteiger partial charge is 0.481 e. The highest BCUT2D eigenvalue weighted by atomic mass is 32.2. The van der Waals surface area contributed by atoms with Crippen molar-refractivity contribution in [2.75, 3.05) is 11.1 Å². The number of aromatic nitrogens is 1. The number of sulfone groups is 1. The second kappa shape index (κ2) is 15.9. The van der Waals surface area contributed by atoms with E-state index >= 15 is 0 Å². The Kier molecular flexibility index (Phi) is 11.2. The van der Waals surface area contributed by atoms with Gasteiger partial charge >= 0.3 is 5.97 Å². The van der Waals surface area contributed by atoms with Gasteiger partial charge in [-0.1, -0.05) is 66.7 Å². The van der Waals surface area contributed by atoms with Crippen molar-refractivity contribution in [3.8, 4) is 11.1 Å². The van der Waals surface area contributed by atoms with Crippen LogP contribution in [0.1, 0.15) is 48.6 Å². The van der Waals surface area contributed by atoms with Gasteiger partial charge in [-0.15, -0.1) is 0 Å². The van der Waals surface area contributed by atoms with E-state index < -0.39 is 140 Å². The van der Waals surface area contributed by atoms with E-state index in [1.165, 1.54) is 48.5 Å². The van der Waals surface area contributed by atoms with Crippen molar-refractivity contribution in [1.29, 1.82) is 0 Å². The molecule has 1 aliphatic rings. The maximum absolute atomic E-state index is 14.4. The first kappa shape index (κ1) is 44.3. The number of aliphatic carboxylic acids is 1. The van der Waals surface area contributed by atoms with Gasteiger partial charge in [0.1, 0.15) is 15.7 Å². The molecule has 0 saturated carbocycles. The van der Waals surface area contributed by atoms with Crippen molar-refractivity contribution in [3.05, 3.63) is 141 Å². The number of aromatic amines is 1. The van der Waals surface area contributed by atoms with Gasteiger partial charge in [0.2, 0.25) is 0 Å². The van der Waals surface area contributed by atoms with Crippen LogP contribution < -0.4 is 10.9 Å². The lowest BCUT2D eigenvalue weighted by atomic mass is 9.80. The number of H-pyrrole nitrogens is 1. The van der Waals surface area contributed by atoms with Crippen LogP contribution >= 0.6 is 0 Å². The number of carbonyl (C=O) groups excluding carboxylic acids is 3. The Morgan fingerprint density at radius 1 is 0.619 bits per heavy atom. The van der Waals surface area contributed by atoms with Crippen molar-refractivity contribution < 1.29 is 71.6 Å². The fraction of sp³-hybridized carbons (Fsp3) is 0.0750. The quantitative estimate of drug-likeness (QED) is 0.0505. The molecular weight excluding hydrogens is 909 g/mol. The van der Waals surface area contributed by atoms with Crippen LogP contribution in [0.15, 0.2) is 128 Å². The van der Waals surface area contributed by atoms with Crippen LogP contribution in [0.4, 0.5) is 11.4 Å². The van der Waals surface area contributed by atoms with E-state index in [9.17, 15) is 76.4 Å². The number of carboxylic acids is 1. The van der Waals surface area contributed by atoms with Crippen molar-refractivity contribution >= 4 is 85.8 Å². The van der Waals surface area contributed by atoms with E-state index in [4.69, 9.17) is 0 Å². The predicted molar refractivity (Wildman–Crippen MR) is 221 cm³/mol. The molecule has 7 rings (SSSR count). The third kappa shape index (κ3) is 8.32. The Bertz CT molecular complexity index is 3530. The summed E-state index contributed by atoms with van der Waals surface area (Å²) in [5.41, 5.74) is -4.68. The molecule has 324 valence electrons. The molecule has 19 nitrogen and oxygen atoms in total. The Hall–Kier alpha value is -6.73. The lowest BCUT2D eigenvalue weighted by molar-refractivity contribution is -0.140. The van der Waals surface area contributed by atoms with Gasteiger partial charge in [0.25, 0.3) is 35.9 Å². The van der Waals surface area contributed by atoms with Crippen LogP contribution in [0.2, 0.25) is 0 Å². The molecule has 63 heavy (non-hydrogen) atoms. The lowest BCUT2D eigenvalue weighted by Gasteiger charge is -2.25. The minimum absolute atomic E-state index is 0.0236. The highest BCUT2D eigenvalue weighted by molar-refractivity contribution is 7.91. The number of rotatable bonds is 14. The van der Waals surface area contributed by atoms with Crippen LogP contribution in [-0.4, -0.2) is 86.5 Å². The van der Waals surface area contributed by atoms with Gasteiger partial charge in [-0.25, -0.2) is 8.42 Å². The number of anilines is 2. The van der Waals surface area contributed by atoms with Crippen LogP contribution in [0.3, 0.4) is 0 Å².